The number of rotatable bonds is 6. The third-order valence-corrected chi connectivity index (χ3v) is 2.49. The molecule has 1 amide bonds. The van der Waals surface area contributed by atoms with E-state index in [9.17, 15) is 4.79 Å². The van der Waals surface area contributed by atoms with E-state index in [-0.39, 0.29) is 5.91 Å². The molecule has 0 spiro atoms. The van der Waals surface area contributed by atoms with Crippen LogP contribution in [-0.2, 0) is 11.3 Å². The average molecular weight is 224 g/mol. The number of hydrogen-bond donors (Lipinski definition) is 1. The Morgan fingerprint density at radius 1 is 1.50 bits per heavy atom. The lowest BCUT2D eigenvalue weighted by Gasteiger charge is -2.17. The van der Waals surface area contributed by atoms with Crippen molar-refractivity contribution in [3.63, 3.8) is 0 Å². The summed E-state index contributed by atoms with van der Waals surface area (Å²) < 4.78 is 1.85. The fraction of sp³-hybridized carbons (Fsp3) is 0.636. The van der Waals surface area contributed by atoms with Crippen LogP contribution in [-0.4, -0.2) is 40.2 Å². The lowest BCUT2D eigenvalue weighted by Crippen LogP contribution is -2.27. The molecule has 0 bridgehead atoms. The normalized spacial score (nSPS) is 10.8. The zero-order chi connectivity index (χ0) is 12.0. The number of likely N-dealkylation sites (N-methyl/N-ethyl adjacent to an activating group) is 1. The minimum atomic E-state index is -0.0664. The van der Waals surface area contributed by atoms with Crippen molar-refractivity contribution >= 4 is 11.6 Å². The first kappa shape index (κ1) is 12.7. The monoisotopic (exact) mass is 224 g/mol. The molecule has 0 saturated heterocycles. The number of aromatic nitrogens is 2. The Hall–Kier alpha value is -1.36. The SMILES string of the molecule is CCN(CC)CCn1cc(NC(C)=O)cn1. The van der Waals surface area contributed by atoms with Crippen LogP contribution in [0.2, 0.25) is 0 Å². The Bertz CT molecular complexity index is 330. The van der Waals surface area contributed by atoms with Crippen molar-refractivity contribution in [3.05, 3.63) is 12.4 Å². The number of nitrogens with one attached hydrogen (secondary N) is 1. The molecule has 0 radical (unpaired) electrons. The minimum Gasteiger partial charge on any atom is -0.324 e. The van der Waals surface area contributed by atoms with Gasteiger partial charge in [0, 0.05) is 19.7 Å². The summed E-state index contributed by atoms with van der Waals surface area (Å²) in [7, 11) is 0. The molecule has 5 nitrogen and oxygen atoms in total. The molecule has 0 aliphatic rings. The van der Waals surface area contributed by atoms with Gasteiger partial charge in [-0.3, -0.25) is 9.48 Å². The van der Waals surface area contributed by atoms with Crippen LogP contribution in [0.15, 0.2) is 12.4 Å². The fourth-order valence-electron chi connectivity index (χ4n) is 1.54. The van der Waals surface area contributed by atoms with Crippen LogP contribution in [0.1, 0.15) is 20.8 Å². The van der Waals surface area contributed by atoms with Crippen LogP contribution in [0.5, 0.6) is 0 Å². The van der Waals surface area contributed by atoms with Crippen LogP contribution in [0.4, 0.5) is 5.69 Å². The largest absolute Gasteiger partial charge is 0.324 e. The summed E-state index contributed by atoms with van der Waals surface area (Å²) in [5, 5.41) is 6.89. The maximum atomic E-state index is 10.8. The number of nitrogens with zero attached hydrogens (tertiary/aromatic N) is 3. The van der Waals surface area contributed by atoms with Crippen LogP contribution in [0.25, 0.3) is 0 Å². The fourth-order valence-corrected chi connectivity index (χ4v) is 1.54. The predicted molar refractivity (Wildman–Crippen MR) is 64.3 cm³/mol. The molecule has 0 aromatic carbocycles. The standard InChI is InChI=1S/C11H20N4O/c1-4-14(5-2)6-7-15-9-11(8-12-15)13-10(3)16/h8-9H,4-7H2,1-3H3,(H,13,16). The predicted octanol–water partition coefficient (Wildman–Crippen LogP) is 1.18. The van der Waals surface area contributed by atoms with E-state index >= 15 is 0 Å². The molecule has 0 atom stereocenters. The molecule has 0 aliphatic heterocycles. The van der Waals surface area contributed by atoms with Gasteiger partial charge in [-0.1, -0.05) is 13.8 Å². The van der Waals surface area contributed by atoms with Gasteiger partial charge in [0.05, 0.1) is 18.4 Å². The van der Waals surface area contributed by atoms with E-state index in [4.69, 9.17) is 0 Å². The van der Waals surface area contributed by atoms with Crippen LogP contribution in [0.3, 0.4) is 0 Å². The first-order valence-electron chi connectivity index (χ1n) is 5.68. The Balaban J connectivity index is 2.42. The highest BCUT2D eigenvalue weighted by Crippen LogP contribution is 2.04. The van der Waals surface area contributed by atoms with E-state index in [2.05, 4.69) is 29.2 Å². The highest BCUT2D eigenvalue weighted by atomic mass is 16.1. The molecule has 1 rings (SSSR count). The van der Waals surface area contributed by atoms with Crippen LogP contribution >= 0.6 is 0 Å². The lowest BCUT2D eigenvalue weighted by molar-refractivity contribution is -0.114. The van der Waals surface area contributed by atoms with Gasteiger partial charge in [-0.2, -0.15) is 5.10 Å². The van der Waals surface area contributed by atoms with Crippen molar-refractivity contribution in [1.82, 2.24) is 14.7 Å². The van der Waals surface area contributed by atoms with Gasteiger partial charge < -0.3 is 10.2 Å². The maximum absolute atomic E-state index is 10.8. The van der Waals surface area contributed by atoms with Gasteiger partial charge in [-0.15, -0.1) is 0 Å². The quantitative estimate of drug-likeness (QED) is 0.789. The summed E-state index contributed by atoms with van der Waals surface area (Å²) in [5.74, 6) is -0.0664. The molecule has 1 aromatic heterocycles. The molecule has 90 valence electrons. The van der Waals surface area contributed by atoms with E-state index in [0.29, 0.717) is 0 Å². The van der Waals surface area contributed by atoms with E-state index < -0.39 is 0 Å². The summed E-state index contributed by atoms with van der Waals surface area (Å²) in [6.45, 7) is 9.72. The highest BCUT2D eigenvalue weighted by Gasteiger charge is 2.02. The smallest absolute Gasteiger partial charge is 0.221 e. The van der Waals surface area contributed by atoms with Crippen molar-refractivity contribution in [2.75, 3.05) is 25.0 Å². The molecule has 0 aliphatic carbocycles. The zero-order valence-electron chi connectivity index (χ0n) is 10.2. The van der Waals surface area contributed by atoms with Gasteiger partial charge in [0.25, 0.3) is 0 Å². The van der Waals surface area contributed by atoms with Gasteiger partial charge in [-0.05, 0) is 13.1 Å². The zero-order valence-corrected chi connectivity index (χ0v) is 10.2. The number of anilines is 1. The third kappa shape index (κ3) is 4.02. The number of carbonyl (C=O) groups is 1. The average Bonchev–Trinajstić information content (AvgIpc) is 2.66. The number of amides is 1. The van der Waals surface area contributed by atoms with Gasteiger partial charge >= 0.3 is 0 Å². The second-order valence-corrected chi connectivity index (χ2v) is 3.70. The van der Waals surface area contributed by atoms with E-state index in [1.165, 1.54) is 6.92 Å². The number of hydrogen-bond acceptors (Lipinski definition) is 3. The van der Waals surface area contributed by atoms with E-state index in [1.807, 2.05) is 10.9 Å². The van der Waals surface area contributed by atoms with Crippen molar-refractivity contribution in [1.29, 1.82) is 0 Å². The Morgan fingerprint density at radius 2 is 2.19 bits per heavy atom. The molecule has 0 saturated carbocycles. The third-order valence-electron chi connectivity index (χ3n) is 2.49. The molecule has 1 N–H and O–H groups in total. The van der Waals surface area contributed by atoms with Crippen LogP contribution < -0.4 is 5.32 Å². The summed E-state index contributed by atoms with van der Waals surface area (Å²) >= 11 is 0. The van der Waals surface area contributed by atoms with Crippen molar-refractivity contribution < 1.29 is 4.79 Å². The van der Waals surface area contributed by atoms with Crippen molar-refractivity contribution in [3.8, 4) is 0 Å². The molecular weight excluding hydrogens is 204 g/mol. The second-order valence-electron chi connectivity index (χ2n) is 3.70. The first-order valence-corrected chi connectivity index (χ1v) is 5.68. The molecule has 1 aromatic rings. The summed E-state index contributed by atoms with van der Waals surface area (Å²) in [6, 6.07) is 0. The topological polar surface area (TPSA) is 50.2 Å². The summed E-state index contributed by atoms with van der Waals surface area (Å²) in [6.07, 6.45) is 3.52. The van der Waals surface area contributed by atoms with Gasteiger partial charge in [-0.25, -0.2) is 0 Å². The molecule has 0 unspecified atom stereocenters. The molecular formula is C11H20N4O. The Kier molecular flexibility index (Phi) is 4.98. The second kappa shape index (κ2) is 6.27. The minimum absolute atomic E-state index is 0.0664. The Morgan fingerprint density at radius 3 is 2.75 bits per heavy atom. The van der Waals surface area contributed by atoms with Crippen molar-refractivity contribution in [2.24, 2.45) is 0 Å². The molecule has 1 heterocycles. The molecule has 16 heavy (non-hydrogen) atoms. The highest BCUT2D eigenvalue weighted by molar-refractivity contribution is 5.88. The van der Waals surface area contributed by atoms with E-state index in [0.717, 1.165) is 31.9 Å². The van der Waals surface area contributed by atoms with Gasteiger partial charge in [0.1, 0.15) is 0 Å². The van der Waals surface area contributed by atoms with E-state index in [1.54, 1.807) is 6.20 Å². The van der Waals surface area contributed by atoms with Gasteiger partial charge in [0.15, 0.2) is 0 Å². The lowest BCUT2D eigenvalue weighted by atomic mass is 10.4. The maximum Gasteiger partial charge on any atom is 0.221 e. The summed E-state index contributed by atoms with van der Waals surface area (Å²) in [4.78, 5) is 13.2. The van der Waals surface area contributed by atoms with Gasteiger partial charge in [0.2, 0.25) is 5.91 Å². The first-order chi connectivity index (χ1) is 7.65. The molecule has 5 heteroatoms. The Labute approximate surface area is 96.4 Å². The number of carbonyl (C=O) groups excluding carboxylic acids is 1. The van der Waals surface area contributed by atoms with Crippen LogP contribution in [0, 0.1) is 0 Å². The summed E-state index contributed by atoms with van der Waals surface area (Å²) in [5.41, 5.74) is 0.757. The van der Waals surface area contributed by atoms with Crippen molar-refractivity contribution in [2.45, 2.75) is 27.3 Å². The molecule has 0 fully saturated rings.